The van der Waals surface area contributed by atoms with Gasteiger partial charge in [0.15, 0.2) is 5.75 Å². The average molecular weight is 1780 g/mol. The molecule has 6 aromatic carbocycles. The topological polar surface area (TPSA) is 248 Å². The number of allylic oxidation sites excluding steroid dienone is 1. The van der Waals surface area contributed by atoms with Crippen LogP contribution in [-0.4, -0.2) is 69.3 Å². The Labute approximate surface area is 770 Å². The van der Waals surface area contributed by atoms with Gasteiger partial charge in [0.2, 0.25) is 5.82 Å². The van der Waals surface area contributed by atoms with Gasteiger partial charge in [-0.05, 0) is 299 Å². The van der Waals surface area contributed by atoms with Crippen LogP contribution in [0, 0.1) is 97.1 Å². The molecule has 19 unspecified atom stereocenters. The van der Waals surface area contributed by atoms with Gasteiger partial charge in [-0.25, -0.2) is 0 Å². The van der Waals surface area contributed by atoms with Gasteiger partial charge in [0, 0.05) is 12.1 Å². The normalized spacial score (nSPS) is 30.2. The standard InChI is InChI=1S/3C13H15ClO.C13H15NO3.C13H17NO.C7H12O.C6H4FNO2.C6H10O.CH2O3.2Cs.H/c3*14-11-5-1-2-6-13(11)15-12-7-3-4-9-8-10(9)12;15-14(16)11-5-1-2-6-13(11)17-12-7-3-4-9-8-10(9)12;14-11-5-1-2-6-13(11)15-12-7-3-4-9-8-10(9)12;8-7-3-1-2-5-4-6(5)7;7-5-3-1-2-4-6(5)8(9)10;7-6-4-2-1-3-5-6;2-1-4-3;;;/h3*1-2,5-6,9-10,12H,3-4,7-8H2;1-2,5-6,9-10,12H,3-4,7-8H2;1-2,5-6,9-10,12H,3-4,7-8,14H2;5-8H,1-4H2;1-4H;2,4,6-7H,1,3,5H2;1,3H;;;/q;;;;;;;;;2*+1;-1/p-1. The minimum atomic E-state index is -0.799. The van der Waals surface area contributed by atoms with Crippen molar-refractivity contribution in [3.8, 4) is 28.7 Å². The Morgan fingerprint density at radius 1 is 0.417 bits per heavy atom. The number of carbonyl (C=O) groups is 1. The van der Waals surface area contributed by atoms with E-state index in [4.69, 9.17) is 79.4 Å². The molecule has 0 amide bonds. The maximum absolute atomic E-state index is 12.4. The number of nitrogen functional groups attached to an aromatic ring is 1. The van der Waals surface area contributed by atoms with Gasteiger partial charge in [-0.15, -0.1) is 0 Å². The monoisotopic (exact) mass is 1780 g/mol. The van der Waals surface area contributed by atoms with Crippen molar-refractivity contribution in [2.24, 2.45) is 71.0 Å². The number of nitro groups is 2. The Bertz CT molecular complexity index is 3540. The molecule has 19 atom stereocenters. The second-order valence-corrected chi connectivity index (χ2v) is 32.0. The van der Waals surface area contributed by atoms with E-state index in [0.717, 1.165) is 153 Å². The molecule has 12 saturated carbocycles. The van der Waals surface area contributed by atoms with E-state index >= 15 is 0 Å². The molecule has 0 aliphatic heterocycles. The van der Waals surface area contributed by atoms with Crippen LogP contribution in [0.15, 0.2) is 158 Å². The average Bonchev–Trinajstić information content (AvgIpc) is 1.64. The second-order valence-electron chi connectivity index (χ2n) is 30.8. The van der Waals surface area contributed by atoms with Gasteiger partial charge in [-0.3, -0.25) is 25.0 Å². The van der Waals surface area contributed by atoms with Crippen LogP contribution in [0.3, 0.4) is 0 Å². The maximum atomic E-state index is 12.4. The Morgan fingerprint density at radius 2 is 0.722 bits per heavy atom. The summed E-state index contributed by atoms with van der Waals surface area (Å²) in [4.78, 5) is 31.0. The van der Waals surface area contributed by atoms with Crippen LogP contribution in [0.25, 0.3) is 0 Å². The molecule has 13 aliphatic rings. The number of nitro benzene ring substituents is 2. The minimum absolute atomic E-state index is 0. The first kappa shape index (κ1) is 88.9. The van der Waals surface area contributed by atoms with E-state index in [9.17, 15) is 29.7 Å². The smallest absolute Gasteiger partial charge is 1.00 e. The zero-order valence-corrected chi connectivity index (χ0v) is 77.3. The predicted octanol–water partition coefficient (Wildman–Crippen LogP) is 14.3. The number of benzene rings is 6. The third-order valence-corrected chi connectivity index (χ3v) is 24.3. The molecule has 108 heavy (non-hydrogen) atoms. The summed E-state index contributed by atoms with van der Waals surface area (Å²) in [5.41, 5.74) is 6.23. The van der Waals surface area contributed by atoms with Crippen molar-refractivity contribution in [1.29, 1.82) is 0 Å². The van der Waals surface area contributed by atoms with Crippen molar-refractivity contribution < 1.29 is 202 Å². The molecular weight excluding hydrogens is 1680 g/mol. The summed E-state index contributed by atoms with van der Waals surface area (Å²) in [6.07, 6.45) is 40.0. The number of fused-ring (bicyclic) bond motifs is 6. The fourth-order valence-electron chi connectivity index (χ4n) is 17.0. The number of anilines is 1. The number of aliphatic hydroxyl groups excluding tert-OH is 2. The first-order valence-corrected chi connectivity index (χ1v) is 40.0. The molecule has 0 radical (unpaired) electrons. The minimum Gasteiger partial charge on any atom is -1.00 e. The molecule has 0 saturated heterocycles. The first-order chi connectivity index (χ1) is 51.5. The predicted molar refractivity (Wildman–Crippen MR) is 409 cm³/mol. The summed E-state index contributed by atoms with van der Waals surface area (Å²) in [5.74, 6) is 13.3. The van der Waals surface area contributed by atoms with Crippen LogP contribution >= 0.6 is 34.8 Å². The molecule has 0 bridgehead atoms. The van der Waals surface area contributed by atoms with Crippen LogP contribution < -0.4 is 172 Å². The van der Waals surface area contributed by atoms with Gasteiger partial charge < -0.3 is 51.2 Å². The van der Waals surface area contributed by atoms with E-state index in [0.29, 0.717) is 36.1 Å². The van der Waals surface area contributed by atoms with E-state index in [1.54, 1.807) is 18.2 Å². The summed E-state index contributed by atoms with van der Waals surface area (Å²) < 4.78 is 42.3. The van der Waals surface area contributed by atoms with Crippen molar-refractivity contribution in [3.05, 3.63) is 199 Å². The number of hydrogen-bond acceptors (Lipinski definition) is 15. The second kappa shape index (κ2) is 45.3. The molecular formula is C85H105Cl3Cs2FN3O14. The van der Waals surface area contributed by atoms with E-state index < -0.39 is 16.4 Å². The van der Waals surface area contributed by atoms with Gasteiger partial charge in [0.05, 0.1) is 42.8 Å². The van der Waals surface area contributed by atoms with E-state index in [1.165, 1.54) is 159 Å². The van der Waals surface area contributed by atoms with Gasteiger partial charge in [-0.1, -0.05) is 126 Å². The van der Waals surface area contributed by atoms with Gasteiger partial charge >= 0.3 is 149 Å². The summed E-state index contributed by atoms with van der Waals surface area (Å²) in [6, 6.07) is 42.8. The number of nitrogens with zero attached hydrogens (tertiary/aromatic N) is 2. The summed E-state index contributed by atoms with van der Waals surface area (Å²) >= 11 is 18.2. The van der Waals surface area contributed by atoms with Crippen molar-refractivity contribution in [3.63, 3.8) is 0 Å². The fourth-order valence-corrected chi connectivity index (χ4v) is 17.5. The Hall–Kier alpha value is -3.09. The zero-order valence-electron chi connectivity index (χ0n) is 63.4. The number of rotatable bonds is 13. The van der Waals surface area contributed by atoms with Crippen LogP contribution in [0.2, 0.25) is 15.1 Å². The van der Waals surface area contributed by atoms with E-state index in [-0.39, 0.29) is 175 Å². The molecule has 0 spiro atoms. The van der Waals surface area contributed by atoms with Crippen LogP contribution in [-0.2, 0) is 9.68 Å². The Kier molecular flexibility index (Phi) is 37.2. The van der Waals surface area contributed by atoms with Crippen molar-refractivity contribution in [2.75, 3.05) is 5.73 Å². The number of halogens is 4. The molecule has 574 valence electrons. The van der Waals surface area contributed by atoms with Crippen LogP contribution in [0.4, 0.5) is 21.5 Å². The number of ether oxygens (including phenoxy) is 5. The largest absolute Gasteiger partial charge is 1.00 e. The van der Waals surface area contributed by atoms with E-state index in [2.05, 4.69) is 4.89 Å². The summed E-state index contributed by atoms with van der Waals surface area (Å²) in [6.45, 7) is -0.181. The fraction of sp³-hybridized carbons (Fsp3) is 0.541. The number of hydrogen-bond donors (Lipinski definition) is 3. The first-order valence-electron chi connectivity index (χ1n) is 38.8. The SMILES string of the molecule is Clc1ccccc1OC1CCCC2CC21.Clc1ccccc1OC1CCCC2CC21.Clc1ccccc1OC1CCCC2CC21.Nc1ccccc1OC1CCCC2CC21.O=CO[O-].O=[N+]([O-])c1ccccc1F.O=[N+]([O-])c1ccccc1OC1CCCC2CC21.OC1C=CCCC1.OC1CCCC2CC12.[Cs+].[Cs+].[H-]. The third-order valence-electron chi connectivity index (χ3n) is 23.3. The third kappa shape index (κ3) is 27.8. The maximum Gasteiger partial charge on any atom is 1.00 e. The van der Waals surface area contributed by atoms with Gasteiger partial charge in [0.25, 0.3) is 6.47 Å². The quantitative estimate of drug-likeness (QED) is 0.0243. The van der Waals surface area contributed by atoms with Crippen molar-refractivity contribution >= 4 is 58.3 Å². The Balaban J connectivity index is 0.000000157. The molecule has 6 aromatic rings. The summed E-state index contributed by atoms with van der Waals surface area (Å²) in [5, 5.41) is 49.5. The molecule has 19 rings (SSSR count). The number of carbonyl (C=O) groups excluding carboxylic acids is 1. The molecule has 13 aliphatic carbocycles. The molecule has 4 N–H and O–H groups in total. The van der Waals surface area contributed by atoms with Gasteiger partial charge in [-0.2, -0.15) is 4.39 Å². The molecule has 17 nitrogen and oxygen atoms in total. The molecule has 0 heterocycles. The zero-order chi connectivity index (χ0) is 74.5. The summed E-state index contributed by atoms with van der Waals surface area (Å²) in [7, 11) is 0. The molecule has 23 heteroatoms. The number of para-hydroxylation sites is 8. The van der Waals surface area contributed by atoms with Crippen LogP contribution in [0.1, 0.15) is 175 Å². The number of aliphatic hydroxyl groups is 2. The van der Waals surface area contributed by atoms with Crippen molar-refractivity contribution in [2.45, 2.75) is 216 Å². The van der Waals surface area contributed by atoms with Crippen molar-refractivity contribution in [1.82, 2.24) is 0 Å². The van der Waals surface area contributed by atoms with Crippen LogP contribution in [0.5, 0.6) is 28.7 Å². The molecule has 0 aromatic heterocycles. The van der Waals surface area contributed by atoms with E-state index in [1.807, 2.05) is 109 Å². The Morgan fingerprint density at radius 3 is 1.03 bits per heavy atom. The number of nitrogens with two attached hydrogens (primary N) is 1. The molecule has 12 fully saturated rings. The van der Waals surface area contributed by atoms with Gasteiger partial charge in [0.1, 0.15) is 53.5 Å².